The molecule has 0 aliphatic heterocycles. The number of aromatic nitrogens is 1. The van der Waals surface area contributed by atoms with E-state index in [4.69, 9.17) is 4.74 Å². The first-order chi connectivity index (χ1) is 15.6. The highest BCUT2D eigenvalue weighted by Crippen LogP contribution is 2.70. The summed E-state index contributed by atoms with van der Waals surface area (Å²) >= 11 is 0. The number of para-hydroxylation sites is 1. The van der Waals surface area contributed by atoms with E-state index >= 15 is 0 Å². The average Bonchev–Trinajstić information content (AvgIpc) is 3.25. The number of H-pyrrole nitrogens is 1. The second kappa shape index (κ2) is 7.75. The van der Waals surface area contributed by atoms with Crippen LogP contribution < -0.4 is 0 Å². The van der Waals surface area contributed by atoms with Crippen molar-refractivity contribution in [2.45, 2.75) is 98.0 Å². The molecule has 0 spiro atoms. The summed E-state index contributed by atoms with van der Waals surface area (Å²) in [6.07, 6.45) is 10.3. The molecule has 0 amide bonds. The van der Waals surface area contributed by atoms with Crippen LogP contribution in [0.3, 0.4) is 0 Å². The summed E-state index contributed by atoms with van der Waals surface area (Å²) in [7, 11) is 0. The van der Waals surface area contributed by atoms with Gasteiger partial charge in [0.05, 0.1) is 0 Å². The van der Waals surface area contributed by atoms with Gasteiger partial charge in [0.1, 0.15) is 6.10 Å². The van der Waals surface area contributed by atoms with E-state index in [0.717, 1.165) is 25.7 Å². The topological polar surface area (TPSA) is 42.1 Å². The predicted octanol–water partition coefficient (Wildman–Crippen LogP) is 7.49. The van der Waals surface area contributed by atoms with Crippen molar-refractivity contribution in [3.8, 4) is 0 Å². The van der Waals surface area contributed by atoms with Gasteiger partial charge in [0.15, 0.2) is 0 Å². The Hall–Kier alpha value is -2.03. The highest BCUT2D eigenvalue weighted by Gasteiger charge is 2.67. The lowest BCUT2D eigenvalue weighted by atomic mass is 9.40. The molecule has 2 saturated carbocycles. The largest absolute Gasteiger partial charge is 0.462 e. The molecule has 3 aliphatic carbocycles. The fourth-order valence-electron chi connectivity index (χ4n) is 8.58. The van der Waals surface area contributed by atoms with Gasteiger partial charge in [-0.1, -0.05) is 50.6 Å². The van der Waals surface area contributed by atoms with Gasteiger partial charge >= 0.3 is 5.97 Å². The quantitative estimate of drug-likeness (QED) is 0.389. The number of carbonyl (C=O) groups is 1. The number of carbonyl (C=O) groups excluding carboxylic acids is 1. The summed E-state index contributed by atoms with van der Waals surface area (Å²) in [5.74, 6) is 1.10. The summed E-state index contributed by atoms with van der Waals surface area (Å²) in [4.78, 5) is 16.0. The Morgan fingerprint density at radius 1 is 1.12 bits per heavy atom. The molecule has 2 fully saturated rings. The summed E-state index contributed by atoms with van der Waals surface area (Å²) in [6, 6.07) is 8.85. The zero-order chi connectivity index (χ0) is 23.6. The Kier molecular flexibility index (Phi) is 5.34. The maximum Gasteiger partial charge on any atom is 0.302 e. The predicted molar refractivity (Wildman–Crippen MR) is 135 cm³/mol. The number of nitrogens with one attached hydrogen (secondary N) is 1. The molecule has 5 rings (SSSR count). The van der Waals surface area contributed by atoms with Crippen molar-refractivity contribution in [1.82, 2.24) is 4.98 Å². The number of ether oxygens (including phenoxy) is 1. The molecule has 0 saturated heterocycles. The zero-order valence-electron chi connectivity index (χ0n) is 21.4. The monoisotopic (exact) mass is 447 g/mol. The molecule has 0 bridgehead atoms. The van der Waals surface area contributed by atoms with Gasteiger partial charge in [0, 0.05) is 34.4 Å². The van der Waals surface area contributed by atoms with E-state index in [9.17, 15) is 4.79 Å². The lowest BCUT2D eigenvalue weighted by molar-refractivity contribution is -0.191. The number of hydrogen-bond donors (Lipinski definition) is 1. The van der Waals surface area contributed by atoms with E-state index in [2.05, 4.69) is 69.9 Å². The maximum atomic E-state index is 12.1. The molecule has 6 unspecified atom stereocenters. The van der Waals surface area contributed by atoms with Crippen molar-refractivity contribution in [3.05, 3.63) is 47.2 Å². The van der Waals surface area contributed by atoms with Crippen molar-refractivity contribution >= 4 is 16.9 Å². The Morgan fingerprint density at radius 2 is 1.88 bits per heavy atom. The highest BCUT2D eigenvalue weighted by atomic mass is 16.5. The van der Waals surface area contributed by atoms with Crippen LogP contribution in [-0.2, 0) is 21.4 Å². The standard InChI is InChI=1S/C30H41NO2/c1-19(2)10-9-16-28(4)25-14-13-21-18-23-22-11-7-8-12-24(22)31-27(23)30(21,6)29(25,5)17-15-26(28)33-20(3)32/h7-8,10-12,21,25-26,31H,9,13-18H2,1-6H3. The number of rotatable bonds is 4. The zero-order valence-corrected chi connectivity index (χ0v) is 21.4. The molecule has 3 aliphatic rings. The first-order valence-corrected chi connectivity index (χ1v) is 13.0. The summed E-state index contributed by atoms with van der Waals surface area (Å²) in [5, 5.41) is 1.42. The van der Waals surface area contributed by atoms with Crippen molar-refractivity contribution in [2.75, 3.05) is 0 Å². The number of hydrogen-bond acceptors (Lipinski definition) is 2. The highest BCUT2D eigenvalue weighted by molar-refractivity contribution is 5.86. The van der Waals surface area contributed by atoms with Crippen LogP contribution in [0.4, 0.5) is 0 Å². The smallest absolute Gasteiger partial charge is 0.302 e. The van der Waals surface area contributed by atoms with Gasteiger partial charge < -0.3 is 9.72 Å². The Bertz CT molecular complexity index is 1110. The number of benzene rings is 1. The van der Waals surface area contributed by atoms with Gasteiger partial charge in [-0.15, -0.1) is 0 Å². The number of esters is 1. The first-order valence-electron chi connectivity index (χ1n) is 13.0. The molecule has 0 radical (unpaired) electrons. The molecule has 6 atom stereocenters. The van der Waals surface area contributed by atoms with Crippen LogP contribution in [-0.4, -0.2) is 17.1 Å². The molecule has 178 valence electrons. The van der Waals surface area contributed by atoms with Crippen LogP contribution in [0.5, 0.6) is 0 Å². The molecule has 1 N–H and O–H groups in total. The maximum absolute atomic E-state index is 12.1. The normalized spacial score (nSPS) is 37.2. The second-order valence-corrected chi connectivity index (χ2v) is 12.1. The minimum Gasteiger partial charge on any atom is -0.462 e. The van der Waals surface area contributed by atoms with E-state index in [1.165, 1.54) is 41.4 Å². The Morgan fingerprint density at radius 3 is 2.61 bits per heavy atom. The van der Waals surface area contributed by atoms with Crippen molar-refractivity contribution in [3.63, 3.8) is 0 Å². The van der Waals surface area contributed by atoms with Crippen LogP contribution in [0.25, 0.3) is 10.9 Å². The Labute approximate surface area is 199 Å². The molecular weight excluding hydrogens is 406 g/mol. The minimum absolute atomic E-state index is 0.00658. The third-order valence-electron chi connectivity index (χ3n) is 10.4. The number of fused-ring (bicyclic) bond motifs is 7. The summed E-state index contributed by atoms with van der Waals surface area (Å²) in [5.41, 5.74) is 6.02. The number of allylic oxidation sites excluding steroid dienone is 2. The van der Waals surface area contributed by atoms with Crippen LogP contribution in [0, 0.1) is 22.7 Å². The van der Waals surface area contributed by atoms with E-state index < -0.39 is 0 Å². The van der Waals surface area contributed by atoms with Gasteiger partial charge in [-0.25, -0.2) is 0 Å². The molecule has 1 aromatic heterocycles. The fraction of sp³-hybridized carbons (Fsp3) is 0.633. The lowest BCUT2D eigenvalue weighted by Gasteiger charge is -2.65. The molecule has 2 aromatic rings. The molecule has 1 heterocycles. The average molecular weight is 448 g/mol. The van der Waals surface area contributed by atoms with E-state index in [1.807, 2.05) is 0 Å². The SMILES string of the molecule is CC(=O)OC1CCC2(C)C(CCC3Cc4c([nH]c5ccccc45)C32C)C1(C)CCC=C(C)C. The van der Waals surface area contributed by atoms with Gasteiger partial charge in [0.2, 0.25) is 0 Å². The molecule has 33 heavy (non-hydrogen) atoms. The van der Waals surface area contributed by atoms with Gasteiger partial charge in [-0.05, 0) is 87.7 Å². The molecule has 3 nitrogen and oxygen atoms in total. The summed E-state index contributed by atoms with van der Waals surface area (Å²) < 4.78 is 6.05. The summed E-state index contributed by atoms with van der Waals surface area (Å²) in [6.45, 7) is 13.5. The van der Waals surface area contributed by atoms with Crippen LogP contribution in [0.2, 0.25) is 0 Å². The lowest BCUT2D eigenvalue weighted by Crippen LogP contribution is -2.62. The van der Waals surface area contributed by atoms with Crippen molar-refractivity contribution in [2.24, 2.45) is 22.7 Å². The number of aromatic amines is 1. The van der Waals surface area contributed by atoms with Gasteiger partial charge in [0.25, 0.3) is 0 Å². The van der Waals surface area contributed by atoms with Crippen molar-refractivity contribution in [1.29, 1.82) is 0 Å². The first kappa shape index (κ1) is 22.7. The third-order valence-corrected chi connectivity index (χ3v) is 10.4. The third kappa shape index (κ3) is 3.17. The molecule has 1 aromatic carbocycles. The van der Waals surface area contributed by atoms with E-state index in [0.29, 0.717) is 11.8 Å². The van der Waals surface area contributed by atoms with E-state index in [-0.39, 0.29) is 28.3 Å². The van der Waals surface area contributed by atoms with Crippen LogP contribution in [0.15, 0.2) is 35.9 Å². The van der Waals surface area contributed by atoms with Crippen LogP contribution in [0.1, 0.15) is 91.3 Å². The fourth-order valence-corrected chi connectivity index (χ4v) is 8.58. The van der Waals surface area contributed by atoms with E-state index in [1.54, 1.807) is 12.5 Å². The van der Waals surface area contributed by atoms with Crippen LogP contribution >= 0.6 is 0 Å². The van der Waals surface area contributed by atoms with Gasteiger partial charge in [-0.2, -0.15) is 0 Å². The molecular formula is C30H41NO2. The van der Waals surface area contributed by atoms with Gasteiger partial charge in [-0.3, -0.25) is 4.79 Å². The van der Waals surface area contributed by atoms with Crippen molar-refractivity contribution < 1.29 is 9.53 Å². The minimum atomic E-state index is -0.129. The Balaban J connectivity index is 1.59. The second-order valence-electron chi connectivity index (χ2n) is 12.1. The molecule has 3 heteroatoms.